The highest BCUT2D eigenvalue weighted by Gasteiger charge is 2.14. The van der Waals surface area contributed by atoms with Gasteiger partial charge in [0.25, 0.3) is 0 Å². The van der Waals surface area contributed by atoms with Gasteiger partial charge in [-0.3, -0.25) is 0 Å². The van der Waals surface area contributed by atoms with E-state index in [0.717, 1.165) is 22.2 Å². The van der Waals surface area contributed by atoms with Crippen LogP contribution in [0.2, 0.25) is 0 Å². The molecular weight excluding hydrogens is 220 g/mol. The van der Waals surface area contributed by atoms with Crippen molar-refractivity contribution in [2.75, 3.05) is 18.5 Å². The molecule has 3 nitrogen and oxygen atoms in total. The Morgan fingerprint density at radius 2 is 2.00 bits per heavy atom. The fraction of sp³-hybridized carbons (Fsp3) is 0.750. The van der Waals surface area contributed by atoms with Gasteiger partial charge in [-0.2, -0.15) is 0 Å². The van der Waals surface area contributed by atoms with Crippen molar-refractivity contribution in [1.29, 1.82) is 0 Å². The van der Waals surface area contributed by atoms with Crippen LogP contribution < -0.4 is 4.90 Å². The van der Waals surface area contributed by atoms with Gasteiger partial charge in [-0.05, 0) is 26.2 Å². The van der Waals surface area contributed by atoms with Gasteiger partial charge in [-0.25, -0.2) is 4.98 Å². The van der Waals surface area contributed by atoms with Crippen molar-refractivity contribution in [3.05, 3.63) is 10.6 Å². The van der Waals surface area contributed by atoms with E-state index in [2.05, 4.69) is 30.8 Å². The van der Waals surface area contributed by atoms with Crippen LogP contribution in [0.1, 0.15) is 43.9 Å². The number of rotatable bonds is 5. The van der Waals surface area contributed by atoms with E-state index in [1.54, 1.807) is 18.3 Å². The largest absolute Gasteiger partial charge is 0.388 e. The highest BCUT2D eigenvalue weighted by atomic mass is 32.1. The lowest BCUT2D eigenvalue weighted by Crippen LogP contribution is -2.19. The molecule has 0 saturated carbocycles. The van der Waals surface area contributed by atoms with Crippen LogP contribution in [0.4, 0.5) is 5.13 Å². The minimum Gasteiger partial charge on any atom is -0.388 e. The SMILES string of the molecule is Cc1nc(N(C)CCC(C)C)sc1C(C)O. The Morgan fingerprint density at radius 3 is 2.44 bits per heavy atom. The Bertz CT molecular complexity index is 334. The molecular formula is C12H22N2OS. The zero-order valence-electron chi connectivity index (χ0n) is 10.8. The lowest BCUT2D eigenvalue weighted by molar-refractivity contribution is 0.202. The molecule has 1 atom stereocenters. The van der Waals surface area contributed by atoms with Gasteiger partial charge in [0.15, 0.2) is 5.13 Å². The van der Waals surface area contributed by atoms with Crippen LogP contribution in [0.25, 0.3) is 0 Å². The number of nitrogens with zero attached hydrogens (tertiary/aromatic N) is 2. The predicted molar refractivity (Wildman–Crippen MR) is 70.2 cm³/mol. The van der Waals surface area contributed by atoms with Crippen LogP contribution in [-0.4, -0.2) is 23.7 Å². The highest BCUT2D eigenvalue weighted by molar-refractivity contribution is 7.15. The van der Waals surface area contributed by atoms with E-state index < -0.39 is 6.10 Å². The first-order chi connectivity index (χ1) is 7.41. The molecule has 4 heteroatoms. The first kappa shape index (κ1) is 13.5. The van der Waals surface area contributed by atoms with E-state index >= 15 is 0 Å². The van der Waals surface area contributed by atoms with Gasteiger partial charge < -0.3 is 10.0 Å². The third-order valence-corrected chi connectivity index (χ3v) is 4.01. The van der Waals surface area contributed by atoms with Gasteiger partial charge in [-0.15, -0.1) is 0 Å². The van der Waals surface area contributed by atoms with Crippen LogP contribution in [-0.2, 0) is 0 Å². The zero-order chi connectivity index (χ0) is 12.3. The Kier molecular flexibility index (Phi) is 4.74. The molecule has 16 heavy (non-hydrogen) atoms. The smallest absolute Gasteiger partial charge is 0.185 e. The summed E-state index contributed by atoms with van der Waals surface area (Å²) in [6.07, 6.45) is 0.754. The van der Waals surface area contributed by atoms with Gasteiger partial charge in [-0.1, -0.05) is 25.2 Å². The maximum absolute atomic E-state index is 9.57. The minimum atomic E-state index is -0.412. The Balaban J connectivity index is 2.69. The second-order valence-corrected chi connectivity index (χ2v) is 5.74. The van der Waals surface area contributed by atoms with Gasteiger partial charge in [0, 0.05) is 13.6 Å². The van der Waals surface area contributed by atoms with Crippen molar-refractivity contribution in [2.45, 2.75) is 40.2 Å². The lowest BCUT2D eigenvalue weighted by atomic mass is 10.1. The molecule has 0 fully saturated rings. The summed E-state index contributed by atoms with van der Waals surface area (Å²) < 4.78 is 0. The summed E-state index contributed by atoms with van der Waals surface area (Å²) in [4.78, 5) is 7.64. The monoisotopic (exact) mass is 242 g/mol. The molecule has 0 aliphatic heterocycles. The molecule has 1 rings (SSSR count). The van der Waals surface area contributed by atoms with Gasteiger partial charge in [0.2, 0.25) is 0 Å². The molecule has 1 aromatic rings. The molecule has 92 valence electrons. The summed E-state index contributed by atoms with van der Waals surface area (Å²) in [6, 6.07) is 0. The Labute approximate surface area is 102 Å². The van der Waals surface area contributed by atoms with Crippen molar-refractivity contribution >= 4 is 16.5 Å². The van der Waals surface area contributed by atoms with Gasteiger partial charge in [0.05, 0.1) is 16.7 Å². The number of aromatic nitrogens is 1. The van der Waals surface area contributed by atoms with E-state index in [4.69, 9.17) is 0 Å². The van der Waals surface area contributed by atoms with Crippen LogP contribution >= 0.6 is 11.3 Å². The van der Waals surface area contributed by atoms with Crippen LogP contribution in [0.15, 0.2) is 0 Å². The Hall–Kier alpha value is -0.610. The topological polar surface area (TPSA) is 36.4 Å². The standard InChI is InChI=1S/C12H22N2OS/c1-8(2)6-7-14(5)12-13-9(3)11(16-12)10(4)15/h8,10,15H,6-7H2,1-5H3. The van der Waals surface area contributed by atoms with Crippen LogP contribution in [0.3, 0.4) is 0 Å². The van der Waals surface area contributed by atoms with Crippen molar-refractivity contribution in [2.24, 2.45) is 5.92 Å². The maximum atomic E-state index is 9.57. The van der Waals surface area contributed by atoms with Crippen molar-refractivity contribution in [3.63, 3.8) is 0 Å². The molecule has 1 heterocycles. The molecule has 0 spiro atoms. The average Bonchev–Trinajstić information content (AvgIpc) is 2.56. The fourth-order valence-corrected chi connectivity index (χ4v) is 2.48. The summed E-state index contributed by atoms with van der Waals surface area (Å²) in [5.74, 6) is 0.708. The summed E-state index contributed by atoms with van der Waals surface area (Å²) in [6.45, 7) is 9.21. The van der Waals surface area contributed by atoms with Gasteiger partial charge in [0.1, 0.15) is 0 Å². The molecule has 1 unspecified atom stereocenters. The molecule has 0 radical (unpaired) electrons. The summed E-state index contributed by atoms with van der Waals surface area (Å²) >= 11 is 1.59. The van der Waals surface area contributed by atoms with Crippen molar-refractivity contribution in [1.82, 2.24) is 4.98 Å². The second-order valence-electron chi connectivity index (χ2n) is 4.73. The average molecular weight is 242 g/mol. The minimum absolute atomic E-state index is 0.412. The lowest BCUT2D eigenvalue weighted by Gasteiger charge is -2.16. The molecule has 0 aliphatic rings. The first-order valence-electron chi connectivity index (χ1n) is 5.78. The third-order valence-electron chi connectivity index (χ3n) is 2.57. The Morgan fingerprint density at radius 1 is 1.38 bits per heavy atom. The van der Waals surface area contributed by atoms with E-state index in [-0.39, 0.29) is 0 Å². The van der Waals surface area contributed by atoms with Gasteiger partial charge >= 0.3 is 0 Å². The molecule has 0 amide bonds. The second kappa shape index (κ2) is 5.64. The normalized spacial score (nSPS) is 13.2. The van der Waals surface area contributed by atoms with E-state index in [1.165, 1.54) is 6.42 Å². The van der Waals surface area contributed by atoms with Crippen molar-refractivity contribution in [3.8, 4) is 0 Å². The van der Waals surface area contributed by atoms with E-state index in [9.17, 15) is 5.11 Å². The predicted octanol–water partition coefficient (Wildman–Crippen LogP) is 2.99. The number of aliphatic hydroxyl groups is 1. The van der Waals surface area contributed by atoms with E-state index in [0.29, 0.717) is 5.92 Å². The van der Waals surface area contributed by atoms with Crippen LogP contribution in [0, 0.1) is 12.8 Å². The maximum Gasteiger partial charge on any atom is 0.185 e. The summed E-state index contributed by atoms with van der Waals surface area (Å²) in [5, 5.41) is 10.6. The molecule has 1 N–H and O–H groups in total. The van der Waals surface area contributed by atoms with E-state index in [1.807, 2.05) is 6.92 Å². The number of anilines is 1. The fourth-order valence-electron chi connectivity index (χ4n) is 1.49. The molecule has 0 aliphatic carbocycles. The molecule has 1 aromatic heterocycles. The van der Waals surface area contributed by atoms with Crippen LogP contribution in [0.5, 0.6) is 0 Å². The molecule has 0 aromatic carbocycles. The molecule has 0 bridgehead atoms. The highest BCUT2D eigenvalue weighted by Crippen LogP contribution is 2.30. The number of aliphatic hydroxyl groups excluding tert-OH is 1. The van der Waals surface area contributed by atoms with Crippen molar-refractivity contribution < 1.29 is 5.11 Å². The quantitative estimate of drug-likeness (QED) is 0.862. The number of aryl methyl sites for hydroxylation is 1. The number of hydrogen-bond donors (Lipinski definition) is 1. The summed E-state index contributed by atoms with van der Waals surface area (Å²) in [5.41, 5.74) is 0.950. The molecule has 0 saturated heterocycles. The third kappa shape index (κ3) is 3.46. The number of hydrogen-bond acceptors (Lipinski definition) is 4. The first-order valence-corrected chi connectivity index (χ1v) is 6.60. The zero-order valence-corrected chi connectivity index (χ0v) is 11.6. The number of thiazole rings is 1. The summed E-state index contributed by atoms with van der Waals surface area (Å²) in [7, 11) is 2.06.